The van der Waals surface area contributed by atoms with Crippen molar-refractivity contribution in [3.8, 4) is 6.07 Å². The van der Waals surface area contributed by atoms with E-state index in [4.69, 9.17) is 0 Å². The van der Waals surface area contributed by atoms with Crippen LogP contribution in [0.4, 0.5) is 0 Å². The molecule has 0 spiro atoms. The van der Waals surface area contributed by atoms with E-state index < -0.39 is 0 Å². The van der Waals surface area contributed by atoms with Crippen molar-refractivity contribution in [1.82, 2.24) is 15.5 Å². The average molecular weight is 363 g/mol. The molecule has 148 valence electrons. The summed E-state index contributed by atoms with van der Waals surface area (Å²) in [5, 5.41) is 15.5. The smallest absolute Gasteiger partial charge is 0.263 e. The molecule has 1 amide bonds. The van der Waals surface area contributed by atoms with Crippen molar-refractivity contribution in [3.05, 3.63) is 11.8 Å². The third-order valence-corrected chi connectivity index (χ3v) is 4.98. The van der Waals surface area contributed by atoms with Gasteiger partial charge in [-0.1, -0.05) is 57.8 Å². The minimum absolute atomic E-state index is 0.181. The molecule has 1 rings (SSSR count). The zero-order valence-corrected chi connectivity index (χ0v) is 16.9. The van der Waals surface area contributed by atoms with Crippen molar-refractivity contribution < 1.29 is 4.79 Å². The van der Waals surface area contributed by atoms with Crippen LogP contribution in [0.2, 0.25) is 0 Å². The zero-order chi connectivity index (χ0) is 19.0. The van der Waals surface area contributed by atoms with E-state index in [-0.39, 0.29) is 17.5 Å². The van der Waals surface area contributed by atoms with Gasteiger partial charge in [-0.05, 0) is 39.9 Å². The number of nitrogens with one attached hydrogen (secondary N) is 2. The molecule has 0 unspecified atom stereocenters. The van der Waals surface area contributed by atoms with Gasteiger partial charge in [0.2, 0.25) is 0 Å². The van der Waals surface area contributed by atoms with Crippen LogP contribution in [0.3, 0.4) is 0 Å². The number of nitriles is 1. The molecule has 0 radical (unpaired) electrons. The standard InChI is InChI=1S/C21H38N4O/c1-25(2)16-12-15-23-18-19(17-22)21(26)24-20-13-10-8-6-4-3-5-7-9-11-14-20/h18,20,23H,3-16H2,1-2H3,(H,24,26)/b19-18-. The molecule has 1 fully saturated rings. The van der Waals surface area contributed by atoms with Gasteiger partial charge in [0, 0.05) is 18.8 Å². The molecule has 0 aromatic heterocycles. The minimum atomic E-state index is -0.232. The lowest BCUT2D eigenvalue weighted by Gasteiger charge is -2.19. The minimum Gasteiger partial charge on any atom is -0.390 e. The second-order valence-electron chi connectivity index (χ2n) is 7.71. The molecule has 0 atom stereocenters. The molecule has 0 aromatic carbocycles. The van der Waals surface area contributed by atoms with Gasteiger partial charge < -0.3 is 15.5 Å². The molecule has 2 N–H and O–H groups in total. The first-order valence-corrected chi connectivity index (χ1v) is 10.4. The molecule has 0 aliphatic heterocycles. The zero-order valence-electron chi connectivity index (χ0n) is 16.9. The van der Waals surface area contributed by atoms with Crippen LogP contribution in [0.15, 0.2) is 11.8 Å². The number of hydrogen-bond donors (Lipinski definition) is 2. The number of nitrogens with zero attached hydrogens (tertiary/aromatic N) is 2. The Morgan fingerprint density at radius 3 is 2.08 bits per heavy atom. The van der Waals surface area contributed by atoms with Crippen LogP contribution in [0.1, 0.15) is 77.0 Å². The van der Waals surface area contributed by atoms with E-state index in [2.05, 4.69) is 15.5 Å². The molecule has 1 aliphatic rings. The molecule has 1 aliphatic carbocycles. The Kier molecular flexibility index (Phi) is 12.6. The van der Waals surface area contributed by atoms with Crippen LogP contribution >= 0.6 is 0 Å². The normalized spacial score (nSPS) is 18.5. The fraction of sp³-hybridized carbons (Fsp3) is 0.810. The lowest BCUT2D eigenvalue weighted by atomic mass is 9.98. The van der Waals surface area contributed by atoms with Crippen molar-refractivity contribution in [1.29, 1.82) is 5.26 Å². The Bertz CT molecular complexity index is 441. The Morgan fingerprint density at radius 2 is 1.58 bits per heavy atom. The molecule has 0 bridgehead atoms. The summed E-state index contributed by atoms with van der Waals surface area (Å²) in [4.78, 5) is 14.6. The predicted octanol–water partition coefficient (Wildman–Crippen LogP) is 3.72. The highest BCUT2D eigenvalue weighted by Gasteiger charge is 2.15. The first-order valence-electron chi connectivity index (χ1n) is 10.4. The summed E-state index contributed by atoms with van der Waals surface area (Å²) in [7, 11) is 4.07. The number of carbonyl (C=O) groups is 1. The molecule has 0 saturated heterocycles. The van der Waals surface area contributed by atoms with Gasteiger partial charge in [-0.25, -0.2) is 0 Å². The molecular formula is C21H38N4O. The van der Waals surface area contributed by atoms with E-state index in [0.717, 1.165) is 32.4 Å². The third-order valence-electron chi connectivity index (χ3n) is 4.98. The lowest BCUT2D eigenvalue weighted by molar-refractivity contribution is -0.117. The monoisotopic (exact) mass is 362 g/mol. The van der Waals surface area contributed by atoms with Crippen LogP contribution in [0, 0.1) is 11.3 Å². The highest BCUT2D eigenvalue weighted by Crippen LogP contribution is 2.17. The van der Waals surface area contributed by atoms with E-state index in [9.17, 15) is 10.1 Å². The molecule has 5 nitrogen and oxygen atoms in total. The highest BCUT2D eigenvalue weighted by molar-refractivity contribution is 5.97. The molecular weight excluding hydrogens is 324 g/mol. The second-order valence-corrected chi connectivity index (χ2v) is 7.71. The summed E-state index contributed by atoms with van der Waals surface area (Å²) in [6, 6.07) is 2.24. The van der Waals surface area contributed by atoms with Crippen LogP contribution in [0.25, 0.3) is 0 Å². The highest BCUT2D eigenvalue weighted by atomic mass is 16.1. The number of amides is 1. The van der Waals surface area contributed by atoms with Gasteiger partial charge in [0.05, 0.1) is 0 Å². The van der Waals surface area contributed by atoms with E-state index >= 15 is 0 Å². The summed E-state index contributed by atoms with van der Waals surface area (Å²) in [6.07, 6.45) is 16.1. The summed E-state index contributed by atoms with van der Waals surface area (Å²) in [5.74, 6) is -0.232. The van der Waals surface area contributed by atoms with Gasteiger partial charge >= 0.3 is 0 Å². The second kappa shape index (κ2) is 14.6. The topological polar surface area (TPSA) is 68.2 Å². The largest absolute Gasteiger partial charge is 0.390 e. The summed E-state index contributed by atoms with van der Waals surface area (Å²) in [5.41, 5.74) is 0.181. The van der Waals surface area contributed by atoms with E-state index in [1.54, 1.807) is 6.20 Å². The third kappa shape index (κ3) is 11.1. The maximum atomic E-state index is 12.4. The Hall–Kier alpha value is -1.54. The Balaban J connectivity index is 2.44. The average Bonchev–Trinajstić information content (AvgIpc) is 2.60. The van der Waals surface area contributed by atoms with Gasteiger partial charge in [-0.15, -0.1) is 0 Å². The van der Waals surface area contributed by atoms with Gasteiger partial charge in [0.15, 0.2) is 0 Å². The Labute approximate surface area is 160 Å². The molecule has 1 saturated carbocycles. The van der Waals surface area contributed by atoms with E-state index in [1.165, 1.54) is 57.8 Å². The van der Waals surface area contributed by atoms with Crippen LogP contribution in [0.5, 0.6) is 0 Å². The van der Waals surface area contributed by atoms with Crippen molar-refractivity contribution in [3.63, 3.8) is 0 Å². The van der Waals surface area contributed by atoms with Crippen LogP contribution in [-0.2, 0) is 4.79 Å². The molecule has 26 heavy (non-hydrogen) atoms. The van der Waals surface area contributed by atoms with Crippen molar-refractivity contribution in [2.45, 2.75) is 83.1 Å². The first-order chi connectivity index (χ1) is 12.6. The lowest BCUT2D eigenvalue weighted by Crippen LogP contribution is -2.36. The quantitative estimate of drug-likeness (QED) is 0.411. The molecule has 5 heteroatoms. The van der Waals surface area contributed by atoms with Gasteiger partial charge in [0.1, 0.15) is 11.6 Å². The van der Waals surface area contributed by atoms with Crippen molar-refractivity contribution >= 4 is 5.91 Å². The number of hydrogen-bond acceptors (Lipinski definition) is 4. The molecule has 0 aromatic rings. The maximum absolute atomic E-state index is 12.4. The summed E-state index contributed by atoms with van der Waals surface area (Å²) < 4.78 is 0. The predicted molar refractivity (Wildman–Crippen MR) is 108 cm³/mol. The van der Waals surface area contributed by atoms with Crippen molar-refractivity contribution in [2.75, 3.05) is 27.2 Å². The summed E-state index contributed by atoms with van der Waals surface area (Å²) >= 11 is 0. The fourth-order valence-corrected chi connectivity index (χ4v) is 3.39. The van der Waals surface area contributed by atoms with Crippen LogP contribution < -0.4 is 10.6 Å². The van der Waals surface area contributed by atoms with E-state index in [0.29, 0.717) is 0 Å². The van der Waals surface area contributed by atoms with E-state index in [1.807, 2.05) is 20.2 Å². The summed E-state index contributed by atoms with van der Waals surface area (Å²) in [6.45, 7) is 1.75. The fourth-order valence-electron chi connectivity index (χ4n) is 3.39. The van der Waals surface area contributed by atoms with Crippen molar-refractivity contribution in [2.24, 2.45) is 0 Å². The number of rotatable bonds is 7. The van der Waals surface area contributed by atoms with Gasteiger partial charge in [-0.3, -0.25) is 4.79 Å². The molecule has 0 heterocycles. The Morgan fingerprint density at radius 1 is 1.04 bits per heavy atom. The number of carbonyl (C=O) groups excluding carboxylic acids is 1. The van der Waals surface area contributed by atoms with Gasteiger partial charge in [-0.2, -0.15) is 5.26 Å². The first kappa shape index (κ1) is 22.5. The SMILES string of the molecule is CN(C)CCCN/C=C(/C#N)C(=O)NC1CCCCCCCCCCC1. The maximum Gasteiger partial charge on any atom is 0.263 e. The van der Waals surface area contributed by atoms with Crippen LogP contribution in [-0.4, -0.2) is 44.0 Å². The van der Waals surface area contributed by atoms with Gasteiger partial charge in [0.25, 0.3) is 5.91 Å².